The average molecular weight is 316 g/mol. The van der Waals surface area contributed by atoms with E-state index in [0.717, 1.165) is 5.69 Å². The second-order valence-corrected chi connectivity index (χ2v) is 7.25. The highest BCUT2D eigenvalue weighted by molar-refractivity contribution is 8.13. The molecule has 0 aliphatic rings. The van der Waals surface area contributed by atoms with Crippen LogP contribution in [0.3, 0.4) is 0 Å². The van der Waals surface area contributed by atoms with E-state index in [1.54, 1.807) is 6.20 Å². The Hall–Kier alpha value is -1.54. The molecule has 0 saturated heterocycles. The molecule has 2 aromatic rings. The first-order valence-electron chi connectivity index (χ1n) is 5.96. The summed E-state index contributed by atoms with van der Waals surface area (Å²) < 4.78 is 24.5. The summed E-state index contributed by atoms with van der Waals surface area (Å²) in [6.07, 6.45) is 3.11. The zero-order valence-corrected chi connectivity index (χ0v) is 12.9. The summed E-state index contributed by atoms with van der Waals surface area (Å²) >= 11 is 0. The maximum atomic E-state index is 11.5. The van der Waals surface area contributed by atoms with Crippen molar-refractivity contribution in [3.05, 3.63) is 18.1 Å². The van der Waals surface area contributed by atoms with Crippen molar-refractivity contribution in [2.75, 3.05) is 0 Å². The molecule has 2 heterocycles. The van der Waals surface area contributed by atoms with Crippen molar-refractivity contribution in [1.29, 1.82) is 0 Å². The van der Waals surface area contributed by atoms with Crippen LogP contribution < -0.4 is 0 Å². The second-order valence-electron chi connectivity index (χ2n) is 4.79. The first-order valence-corrected chi connectivity index (χ1v) is 8.27. The van der Waals surface area contributed by atoms with Gasteiger partial charge in [-0.25, -0.2) is 13.4 Å². The van der Waals surface area contributed by atoms with Gasteiger partial charge in [0.25, 0.3) is 14.2 Å². The van der Waals surface area contributed by atoms with Crippen molar-refractivity contribution >= 4 is 19.7 Å². The molecule has 0 amide bonds. The van der Waals surface area contributed by atoms with Crippen LogP contribution in [0.5, 0.6) is 0 Å². The topological polar surface area (TPSA) is 90.6 Å². The number of aromatic nitrogens is 5. The van der Waals surface area contributed by atoms with Gasteiger partial charge >= 0.3 is 0 Å². The van der Waals surface area contributed by atoms with Gasteiger partial charge in [-0.1, -0.05) is 13.8 Å². The van der Waals surface area contributed by atoms with Gasteiger partial charge in [0, 0.05) is 23.4 Å². The van der Waals surface area contributed by atoms with Crippen LogP contribution in [0.25, 0.3) is 11.5 Å². The summed E-state index contributed by atoms with van der Waals surface area (Å²) in [7, 11) is 1.42. The minimum absolute atomic E-state index is 0.195. The molecule has 7 nitrogen and oxygen atoms in total. The summed E-state index contributed by atoms with van der Waals surface area (Å²) in [5.41, 5.74) is 1.21. The number of rotatable bonds is 4. The minimum atomic E-state index is -3.96. The van der Waals surface area contributed by atoms with Crippen molar-refractivity contribution in [3.63, 3.8) is 0 Å². The monoisotopic (exact) mass is 315 g/mol. The molecule has 0 N–H and O–H groups in total. The highest BCUT2D eigenvalue weighted by Crippen LogP contribution is 2.21. The van der Waals surface area contributed by atoms with Crippen LogP contribution in [0.15, 0.2) is 17.6 Å². The van der Waals surface area contributed by atoms with Gasteiger partial charge < -0.3 is 0 Å². The van der Waals surface area contributed by atoms with Gasteiger partial charge in [0.05, 0.1) is 11.9 Å². The fraction of sp³-hybridized carbons (Fsp3) is 0.455. The van der Waals surface area contributed by atoms with E-state index in [0.29, 0.717) is 18.1 Å². The molecule has 0 fully saturated rings. The summed E-state index contributed by atoms with van der Waals surface area (Å²) in [5, 5.41) is 7.27. The fourth-order valence-corrected chi connectivity index (χ4v) is 2.60. The molecule has 0 aliphatic carbocycles. The highest BCUT2D eigenvalue weighted by Gasteiger charge is 2.24. The van der Waals surface area contributed by atoms with Crippen molar-refractivity contribution < 1.29 is 8.42 Å². The van der Waals surface area contributed by atoms with E-state index >= 15 is 0 Å². The molecule has 0 aromatic carbocycles. The molecule has 0 radical (unpaired) electrons. The largest absolute Gasteiger partial charge is 0.296 e. The van der Waals surface area contributed by atoms with Gasteiger partial charge in [-0.3, -0.25) is 9.55 Å². The quantitative estimate of drug-likeness (QED) is 0.796. The SMILES string of the molecule is Cc1cnc(-c2nnc(S(=O)(=O)Cl)n2CC(C)C)cn1. The molecular formula is C11H14ClN5O2S. The number of halogens is 1. The summed E-state index contributed by atoms with van der Waals surface area (Å²) in [5.74, 6) is 0.533. The Labute approximate surface area is 121 Å². The Bertz CT molecular complexity index is 709. The first kappa shape index (κ1) is 14.9. The third-order valence-corrected chi connectivity index (χ3v) is 3.64. The molecule has 0 aliphatic heterocycles. The van der Waals surface area contributed by atoms with E-state index in [4.69, 9.17) is 10.7 Å². The van der Waals surface area contributed by atoms with Crippen molar-refractivity contribution in [1.82, 2.24) is 24.7 Å². The molecule has 0 atom stereocenters. The number of hydrogen-bond donors (Lipinski definition) is 0. The first-order chi connectivity index (χ1) is 9.29. The standard InChI is InChI=1S/C11H14ClN5O2S/c1-7(2)6-17-10(9-5-13-8(3)4-14-9)15-16-11(17)20(12,18)19/h4-5,7H,6H2,1-3H3. The molecular weight excluding hydrogens is 302 g/mol. The Morgan fingerprint density at radius 2 is 1.95 bits per heavy atom. The van der Waals surface area contributed by atoms with Crippen LogP contribution in [0.4, 0.5) is 0 Å². The number of nitrogens with zero attached hydrogens (tertiary/aromatic N) is 5. The third kappa shape index (κ3) is 3.13. The van der Waals surface area contributed by atoms with Gasteiger partial charge in [0.2, 0.25) is 0 Å². The van der Waals surface area contributed by atoms with E-state index in [-0.39, 0.29) is 11.1 Å². The van der Waals surface area contributed by atoms with Crippen LogP contribution in [-0.4, -0.2) is 33.2 Å². The van der Waals surface area contributed by atoms with E-state index < -0.39 is 9.05 Å². The fourth-order valence-electron chi connectivity index (χ4n) is 1.70. The van der Waals surface area contributed by atoms with E-state index in [1.807, 2.05) is 20.8 Å². The summed E-state index contributed by atoms with van der Waals surface area (Å²) in [6, 6.07) is 0. The smallest absolute Gasteiger partial charge is 0.295 e. The van der Waals surface area contributed by atoms with E-state index in [9.17, 15) is 8.42 Å². The van der Waals surface area contributed by atoms with Crippen molar-refractivity contribution in [2.45, 2.75) is 32.5 Å². The maximum Gasteiger partial charge on any atom is 0.296 e. The molecule has 2 aromatic heterocycles. The van der Waals surface area contributed by atoms with Crippen molar-refractivity contribution in [3.8, 4) is 11.5 Å². The molecule has 0 bridgehead atoms. The second kappa shape index (κ2) is 5.45. The normalized spacial score (nSPS) is 12.1. The van der Waals surface area contributed by atoms with Crippen molar-refractivity contribution in [2.24, 2.45) is 5.92 Å². The Balaban J connectivity index is 2.59. The summed E-state index contributed by atoms with van der Waals surface area (Å²) in [4.78, 5) is 8.31. The molecule has 108 valence electrons. The van der Waals surface area contributed by atoms with Crippen LogP contribution in [0.2, 0.25) is 0 Å². The number of aryl methyl sites for hydroxylation is 1. The van der Waals surface area contributed by atoms with Gasteiger partial charge in [-0.15, -0.1) is 10.2 Å². The highest BCUT2D eigenvalue weighted by atomic mass is 35.7. The van der Waals surface area contributed by atoms with Gasteiger partial charge in [-0.2, -0.15) is 0 Å². The molecule has 9 heteroatoms. The Morgan fingerprint density at radius 1 is 1.25 bits per heavy atom. The Morgan fingerprint density at radius 3 is 2.45 bits per heavy atom. The lowest BCUT2D eigenvalue weighted by atomic mass is 10.2. The molecule has 0 saturated carbocycles. The van der Waals surface area contributed by atoms with Gasteiger partial charge in [0.15, 0.2) is 5.82 Å². The lowest BCUT2D eigenvalue weighted by Gasteiger charge is -2.10. The molecule has 2 rings (SSSR count). The van der Waals surface area contributed by atoms with Crippen LogP contribution in [0, 0.1) is 12.8 Å². The maximum absolute atomic E-state index is 11.5. The van der Waals surface area contributed by atoms with E-state index in [1.165, 1.54) is 10.8 Å². The zero-order valence-electron chi connectivity index (χ0n) is 11.3. The van der Waals surface area contributed by atoms with Crippen LogP contribution >= 0.6 is 10.7 Å². The Kier molecular flexibility index (Phi) is 4.05. The minimum Gasteiger partial charge on any atom is -0.295 e. The molecule has 0 spiro atoms. The molecule has 0 unspecified atom stereocenters. The van der Waals surface area contributed by atoms with Gasteiger partial charge in [0.1, 0.15) is 5.69 Å². The third-order valence-electron chi connectivity index (χ3n) is 2.49. The van der Waals surface area contributed by atoms with Crippen LogP contribution in [-0.2, 0) is 15.6 Å². The van der Waals surface area contributed by atoms with Gasteiger partial charge in [-0.05, 0) is 12.8 Å². The number of hydrogen-bond acceptors (Lipinski definition) is 6. The average Bonchev–Trinajstić information content (AvgIpc) is 2.72. The van der Waals surface area contributed by atoms with E-state index in [2.05, 4.69) is 20.2 Å². The predicted octanol–water partition coefficient (Wildman–Crippen LogP) is 1.63. The summed E-state index contributed by atoms with van der Waals surface area (Å²) in [6.45, 7) is 6.13. The lowest BCUT2D eigenvalue weighted by Crippen LogP contribution is -2.12. The lowest BCUT2D eigenvalue weighted by molar-refractivity contribution is 0.488. The predicted molar refractivity (Wildman–Crippen MR) is 73.7 cm³/mol. The van der Waals surface area contributed by atoms with Crippen LogP contribution in [0.1, 0.15) is 19.5 Å². The zero-order chi connectivity index (χ0) is 14.9. The molecule has 20 heavy (non-hydrogen) atoms.